The van der Waals surface area contributed by atoms with Crippen LogP contribution >= 0.6 is 27.3 Å². The van der Waals surface area contributed by atoms with Gasteiger partial charge in [-0.25, -0.2) is 4.99 Å². The van der Waals surface area contributed by atoms with E-state index in [0.717, 1.165) is 26.7 Å². The minimum absolute atomic E-state index is 0.230. The van der Waals surface area contributed by atoms with Crippen molar-refractivity contribution in [2.45, 2.75) is 26.8 Å². The molecule has 1 N–H and O–H groups in total. The number of aromatic nitrogens is 1. The average Bonchev–Trinajstić information content (AvgIpc) is 3.53. The Morgan fingerprint density at radius 2 is 1.71 bits per heavy atom. The number of carbonyl (C=O) groups excluding carboxylic acids is 1. The van der Waals surface area contributed by atoms with Gasteiger partial charge < -0.3 is 9.73 Å². The lowest BCUT2D eigenvalue weighted by molar-refractivity contribution is -0.113. The number of allylic oxidation sites excluding steroid dienone is 1. The van der Waals surface area contributed by atoms with E-state index in [9.17, 15) is 9.59 Å². The van der Waals surface area contributed by atoms with Gasteiger partial charge in [-0.2, -0.15) is 0 Å². The largest absolute Gasteiger partial charge is 0.457 e. The maximum atomic E-state index is 13.9. The number of furan rings is 1. The molecule has 3 heterocycles. The first-order chi connectivity index (χ1) is 19.8. The first kappa shape index (κ1) is 26.9. The van der Waals surface area contributed by atoms with Crippen molar-refractivity contribution in [3.8, 4) is 11.3 Å². The number of carbonyl (C=O) groups is 1. The quantitative estimate of drug-likeness (QED) is 0.242. The van der Waals surface area contributed by atoms with Crippen LogP contribution in [0.2, 0.25) is 0 Å². The molecule has 6 nitrogen and oxygen atoms in total. The molecule has 1 atom stereocenters. The summed E-state index contributed by atoms with van der Waals surface area (Å²) in [6, 6.07) is 26.3. The second kappa shape index (κ2) is 11.0. The minimum atomic E-state index is -0.631. The number of rotatable bonds is 5. The zero-order valence-electron chi connectivity index (χ0n) is 22.6. The number of nitrogens with zero attached hydrogens (tertiary/aromatic N) is 2. The van der Waals surface area contributed by atoms with Crippen LogP contribution in [-0.4, -0.2) is 10.5 Å². The maximum absolute atomic E-state index is 13.9. The zero-order chi connectivity index (χ0) is 28.7. The molecule has 0 bridgehead atoms. The van der Waals surface area contributed by atoms with Gasteiger partial charge >= 0.3 is 0 Å². The third kappa shape index (κ3) is 5.28. The Morgan fingerprint density at radius 1 is 0.976 bits per heavy atom. The number of amides is 1. The Morgan fingerprint density at radius 3 is 2.44 bits per heavy atom. The highest BCUT2D eigenvalue weighted by Crippen LogP contribution is 2.32. The van der Waals surface area contributed by atoms with E-state index >= 15 is 0 Å². The molecule has 0 fully saturated rings. The molecule has 0 radical (unpaired) electrons. The van der Waals surface area contributed by atoms with Crippen molar-refractivity contribution in [1.82, 2.24) is 4.57 Å². The molecule has 2 aromatic heterocycles. The lowest BCUT2D eigenvalue weighted by atomic mass is 9.94. The highest BCUT2D eigenvalue weighted by molar-refractivity contribution is 9.10. The van der Waals surface area contributed by atoms with E-state index in [1.54, 1.807) is 10.6 Å². The van der Waals surface area contributed by atoms with Gasteiger partial charge in [-0.15, -0.1) is 0 Å². The van der Waals surface area contributed by atoms with Crippen LogP contribution in [0.5, 0.6) is 0 Å². The highest BCUT2D eigenvalue weighted by atomic mass is 79.9. The molecule has 1 unspecified atom stereocenters. The van der Waals surface area contributed by atoms with Crippen LogP contribution in [0.15, 0.2) is 115 Å². The van der Waals surface area contributed by atoms with Crippen LogP contribution in [0, 0.1) is 13.8 Å². The second-order valence-electron chi connectivity index (χ2n) is 10.00. The van der Waals surface area contributed by atoms with E-state index in [1.165, 1.54) is 11.3 Å². The van der Waals surface area contributed by atoms with E-state index in [0.29, 0.717) is 37.8 Å². The third-order valence-electron chi connectivity index (χ3n) is 6.98. The number of nitrogens with one attached hydrogen (secondary N) is 1. The standard InChI is InChI=1S/C33H26BrN3O3S/c1-19-9-12-22(13-10-19)30-29(31(38)36-23-7-5-4-6-8-23)21(3)35-33-37(30)32(39)28(41-33)18-24-14-16-27(40-24)25-15-11-20(2)17-26(25)34/h4-18,30H,1-3H3,(H,36,38)/b28-18-. The summed E-state index contributed by atoms with van der Waals surface area (Å²) in [5.41, 5.74) is 5.44. The third-order valence-corrected chi connectivity index (χ3v) is 8.62. The Hall–Kier alpha value is -4.27. The lowest BCUT2D eigenvalue weighted by Crippen LogP contribution is -2.40. The molecule has 8 heteroatoms. The van der Waals surface area contributed by atoms with Gasteiger partial charge in [0.1, 0.15) is 11.5 Å². The summed E-state index contributed by atoms with van der Waals surface area (Å²) in [7, 11) is 0. The van der Waals surface area contributed by atoms with Crippen LogP contribution in [-0.2, 0) is 4.79 Å². The fraction of sp³-hybridized carbons (Fsp3) is 0.121. The molecule has 0 aliphatic carbocycles. The summed E-state index contributed by atoms with van der Waals surface area (Å²) >= 11 is 4.90. The van der Waals surface area contributed by atoms with Crippen molar-refractivity contribution in [2.75, 3.05) is 5.32 Å². The van der Waals surface area contributed by atoms with Crippen molar-refractivity contribution >= 4 is 44.9 Å². The van der Waals surface area contributed by atoms with Gasteiger partial charge in [0.15, 0.2) is 4.80 Å². The molecule has 6 rings (SSSR count). The second-order valence-corrected chi connectivity index (χ2v) is 11.9. The van der Waals surface area contributed by atoms with Crippen molar-refractivity contribution < 1.29 is 9.21 Å². The molecule has 204 valence electrons. The summed E-state index contributed by atoms with van der Waals surface area (Å²) in [5.74, 6) is 0.961. The lowest BCUT2D eigenvalue weighted by Gasteiger charge is -2.25. The number of hydrogen-bond donors (Lipinski definition) is 1. The van der Waals surface area contributed by atoms with Gasteiger partial charge in [-0.05, 0) is 68.3 Å². The van der Waals surface area contributed by atoms with E-state index in [2.05, 4.69) is 21.2 Å². The fourth-order valence-electron chi connectivity index (χ4n) is 4.92. The fourth-order valence-corrected chi connectivity index (χ4v) is 6.64. The number of para-hydroxylation sites is 1. The van der Waals surface area contributed by atoms with Crippen LogP contribution in [0.4, 0.5) is 5.69 Å². The topological polar surface area (TPSA) is 76.6 Å². The first-order valence-electron chi connectivity index (χ1n) is 13.1. The number of anilines is 1. The SMILES string of the molecule is CC1=C(C(=O)Nc2ccccc2)C(c2ccc(C)cc2)n2c(s/c(=C\c3ccc(-c4ccc(C)cc4Br)o3)c2=O)=N1. The molecule has 0 saturated heterocycles. The number of halogens is 1. The number of aryl methyl sites for hydroxylation is 2. The number of benzene rings is 3. The predicted molar refractivity (Wildman–Crippen MR) is 167 cm³/mol. The van der Waals surface area contributed by atoms with Crippen LogP contribution in [0.1, 0.15) is 35.4 Å². The smallest absolute Gasteiger partial charge is 0.271 e. The Labute approximate surface area is 249 Å². The van der Waals surface area contributed by atoms with Crippen molar-refractivity contribution in [3.63, 3.8) is 0 Å². The molecule has 0 saturated carbocycles. The molecule has 1 amide bonds. The summed E-state index contributed by atoms with van der Waals surface area (Å²) < 4.78 is 9.15. The van der Waals surface area contributed by atoms with Gasteiger partial charge in [0.2, 0.25) is 0 Å². The summed E-state index contributed by atoms with van der Waals surface area (Å²) in [5, 5.41) is 2.98. The van der Waals surface area contributed by atoms with E-state index < -0.39 is 6.04 Å². The van der Waals surface area contributed by atoms with Crippen LogP contribution < -0.4 is 20.2 Å². The highest BCUT2D eigenvalue weighted by Gasteiger charge is 2.32. The minimum Gasteiger partial charge on any atom is -0.457 e. The molecular weight excluding hydrogens is 598 g/mol. The van der Waals surface area contributed by atoms with E-state index in [4.69, 9.17) is 9.41 Å². The molecular formula is C33H26BrN3O3S. The first-order valence-corrected chi connectivity index (χ1v) is 14.7. The summed E-state index contributed by atoms with van der Waals surface area (Å²) in [4.78, 5) is 32.9. The van der Waals surface area contributed by atoms with Crippen molar-refractivity contribution in [3.05, 3.63) is 143 Å². The van der Waals surface area contributed by atoms with Crippen LogP contribution in [0.3, 0.4) is 0 Å². The molecule has 5 aromatic rings. The monoisotopic (exact) mass is 623 g/mol. The Kier molecular flexibility index (Phi) is 7.19. The molecule has 41 heavy (non-hydrogen) atoms. The maximum Gasteiger partial charge on any atom is 0.271 e. The molecule has 0 spiro atoms. The van der Waals surface area contributed by atoms with E-state index in [-0.39, 0.29) is 11.5 Å². The molecule has 1 aliphatic rings. The Balaban J connectivity index is 1.45. The Bertz CT molecular complexity index is 2000. The van der Waals surface area contributed by atoms with Crippen LogP contribution in [0.25, 0.3) is 17.4 Å². The van der Waals surface area contributed by atoms with Crippen molar-refractivity contribution in [1.29, 1.82) is 0 Å². The van der Waals surface area contributed by atoms with Crippen molar-refractivity contribution in [2.24, 2.45) is 4.99 Å². The number of hydrogen-bond acceptors (Lipinski definition) is 5. The number of fused-ring (bicyclic) bond motifs is 1. The molecule has 3 aromatic carbocycles. The summed E-state index contributed by atoms with van der Waals surface area (Å²) in [6.07, 6.45) is 1.74. The number of thiazole rings is 1. The normalized spacial score (nSPS) is 15.0. The predicted octanol–water partition coefficient (Wildman–Crippen LogP) is 6.51. The van der Waals surface area contributed by atoms with E-state index in [1.807, 2.05) is 106 Å². The van der Waals surface area contributed by atoms with Gasteiger partial charge in [-0.1, -0.05) is 81.4 Å². The van der Waals surface area contributed by atoms with Gasteiger partial charge in [-0.3, -0.25) is 14.2 Å². The zero-order valence-corrected chi connectivity index (χ0v) is 25.0. The van der Waals surface area contributed by atoms with Gasteiger partial charge in [0, 0.05) is 21.8 Å². The van der Waals surface area contributed by atoms with Gasteiger partial charge in [0.25, 0.3) is 11.5 Å². The molecule has 1 aliphatic heterocycles. The summed E-state index contributed by atoms with van der Waals surface area (Å²) in [6.45, 7) is 5.85. The average molecular weight is 625 g/mol. The van der Waals surface area contributed by atoms with Gasteiger partial charge in [0.05, 0.1) is 21.8 Å².